The number of H-pyrrole nitrogens is 1. The first-order chi connectivity index (χ1) is 9.60. The van der Waals surface area contributed by atoms with Gasteiger partial charge < -0.3 is 9.15 Å². The van der Waals surface area contributed by atoms with Gasteiger partial charge in [-0.05, 0) is 25.1 Å². The molecular weight excluding hydrogens is 262 g/mol. The number of benzene rings is 1. The molecule has 0 aliphatic heterocycles. The van der Waals surface area contributed by atoms with Gasteiger partial charge in [0.15, 0.2) is 0 Å². The van der Waals surface area contributed by atoms with E-state index in [-0.39, 0.29) is 11.8 Å². The summed E-state index contributed by atoms with van der Waals surface area (Å²) in [6, 6.07) is 4.69. The van der Waals surface area contributed by atoms with Gasteiger partial charge in [-0.2, -0.15) is 0 Å². The molecule has 0 spiro atoms. The summed E-state index contributed by atoms with van der Waals surface area (Å²) >= 11 is 0. The van der Waals surface area contributed by atoms with Crippen LogP contribution in [0, 0.1) is 11.8 Å². The van der Waals surface area contributed by atoms with Gasteiger partial charge in [-0.3, -0.25) is 9.78 Å². The van der Waals surface area contributed by atoms with Crippen LogP contribution in [0.25, 0.3) is 10.9 Å². The third-order valence-electron chi connectivity index (χ3n) is 2.43. The highest BCUT2D eigenvalue weighted by molar-refractivity contribution is 5.78. The molecule has 1 aromatic heterocycles. The third-order valence-corrected chi connectivity index (χ3v) is 2.43. The predicted octanol–water partition coefficient (Wildman–Crippen LogP) is 0.786. The first kappa shape index (κ1) is 13.6. The van der Waals surface area contributed by atoms with Crippen molar-refractivity contribution in [2.45, 2.75) is 13.3 Å². The van der Waals surface area contributed by atoms with Crippen molar-refractivity contribution in [1.29, 1.82) is 0 Å². The van der Waals surface area contributed by atoms with Crippen LogP contribution in [0.15, 0.2) is 32.2 Å². The molecule has 6 heteroatoms. The Bertz CT molecular complexity index is 819. The summed E-state index contributed by atoms with van der Waals surface area (Å²) in [5.41, 5.74) is 0.195. The van der Waals surface area contributed by atoms with E-state index in [1.807, 2.05) is 0 Å². The Morgan fingerprint density at radius 3 is 2.95 bits per heavy atom. The number of aromatic nitrogens is 1. The number of hydrogen-bond acceptors (Lipinski definition) is 5. The fourth-order valence-electron chi connectivity index (χ4n) is 1.60. The van der Waals surface area contributed by atoms with Crippen LogP contribution < -0.4 is 11.4 Å². The lowest BCUT2D eigenvalue weighted by atomic mass is 10.1. The molecule has 2 rings (SSSR count). The molecule has 0 aliphatic rings. The minimum Gasteiger partial charge on any atom is -0.465 e. The highest BCUT2D eigenvalue weighted by Gasteiger charge is 2.03. The Balaban J connectivity index is 2.29. The zero-order valence-corrected chi connectivity index (χ0v) is 10.7. The Kier molecular flexibility index (Phi) is 4.01. The molecule has 0 saturated heterocycles. The lowest BCUT2D eigenvalue weighted by Gasteiger charge is -1.96. The molecule has 0 aliphatic carbocycles. The molecule has 0 radical (unpaired) electrons. The number of ether oxygens (including phenoxy) is 1. The minimum absolute atomic E-state index is 0.0217. The van der Waals surface area contributed by atoms with Crippen LogP contribution in [0.2, 0.25) is 0 Å². The summed E-state index contributed by atoms with van der Waals surface area (Å²) in [4.78, 5) is 36.0. The second-order valence-corrected chi connectivity index (χ2v) is 3.85. The van der Waals surface area contributed by atoms with Crippen LogP contribution in [-0.4, -0.2) is 17.6 Å². The predicted molar refractivity (Wildman–Crippen MR) is 71.2 cm³/mol. The number of aromatic amines is 1. The van der Waals surface area contributed by atoms with Gasteiger partial charge in [0, 0.05) is 5.56 Å². The monoisotopic (exact) mass is 273 g/mol. The summed E-state index contributed by atoms with van der Waals surface area (Å²) in [6.07, 6.45) is -0.0217. The normalized spacial score (nSPS) is 9.85. The van der Waals surface area contributed by atoms with Crippen molar-refractivity contribution >= 4 is 16.9 Å². The third kappa shape index (κ3) is 3.14. The van der Waals surface area contributed by atoms with Crippen molar-refractivity contribution < 1.29 is 13.9 Å². The molecular formula is C14H11NO5. The highest BCUT2D eigenvalue weighted by atomic mass is 16.5. The molecule has 1 N–H and O–H groups in total. The first-order valence-corrected chi connectivity index (χ1v) is 5.92. The van der Waals surface area contributed by atoms with Gasteiger partial charge in [0.05, 0.1) is 17.5 Å². The summed E-state index contributed by atoms with van der Waals surface area (Å²) in [6.45, 7) is 2.03. The highest BCUT2D eigenvalue weighted by Crippen LogP contribution is 2.07. The Labute approximate surface area is 113 Å². The Hall–Kier alpha value is -2.81. The van der Waals surface area contributed by atoms with E-state index in [0.717, 1.165) is 0 Å². The standard InChI is InChI=1S/C14H11NO5/c1-2-19-12(16)5-3-4-9-6-7-11-10(8-9)13(17)20-14(18)15-11/h6-8H,2,5H2,1H3,(H,15,18). The fourth-order valence-corrected chi connectivity index (χ4v) is 1.60. The average molecular weight is 273 g/mol. The van der Waals surface area contributed by atoms with Gasteiger partial charge in [0.1, 0.15) is 6.42 Å². The molecule has 0 fully saturated rings. The van der Waals surface area contributed by atoms with Gasteiger partial charge in [-0.25, -0.2) is 9.59 Å². The molecule has 20 heavy (non-hydrogen) atoms. The van der Waals surface area contributed by atoms with E-state index in [0.29, 0.717) is 17.7 Å². The minimum atomic E-state index is -0.802. The van der Waals surface area contributed by atoms with E-state index in [4.69, 9.17) is 4.74 Å². The second kappa shape index (κ2) is 5.89. The number of carbonyl (C=O) groups is 1. The number of fused-ring (bicyclic) bond motifs is 1. The van der Waals surface area contributed by atoms with E-state index in [2.05, 4.69) is 21.2 Å². The van der Waals surface area contributed by atoms with Gasteiger partial charge in [-0.15, -0.1) is 0 Å². The smallest absolute Gasteiger partial charge is 0.419 e. The Morgan fingerprint density at radius 2 is 2.20 bits per heavy atom. The van der Waals surface area contributed by atoms with Gasteiger partial charge >= 0.3 is 17.4 Å². The molecule has 0 atom stereocenters. The number of hydrogen-bond donors (Lipinski definition) is 1. The summed E-state index contributed by atoms with van der Waals surface area (Å²) in [7, 11) is 0. The molecule has 1 aromatic carbocycles. The van der Waals surface area contributed by atoms with Gasteiger partial charge in [-0.1, -0.05) is 11.8 Å². The van der Waals surface area contributed by atoms with Crippen molar-refractivity contribution in [3.63, 3.8) is 0 Å². The fraction of sp³-hybridized carbons (Fsp3) is 0.214. The summed E-state index contributed by atoms with van der Waals surface area (Å²) < 4.78 is 9.17. The summed E-state index contributed by atoms with van der Waals surface area (Å²) in [5, 5.41) is 0.229. The van der Waals surface area contributed by atoms with Crippen molar-refractivity contribution in [2.75, 3.05) is 6.61 Å². The lowest BCUT2D eigenvalue weighted by molar-refractivity contribution is -0.141. The first-order valence-electron chi connectivity index (χ1n) is 5.92. The quantitative estimate of drug-likeness (QED) is 0.645. The number of esters is 1. The van der Waals surface area contributed by atoms with E-state index < -0.39 is 17.4 Å². The zero-order valence-electron chi connectivity index (χ0n) is 10.7. The van der Waals surface area contributed by atoms with Gasteiger partial charge in [0.25, 0.3) is 0 Å². The van der Waals surface area contributed by atoms with Crippen molar-refractivity contribution in [2.24, 2.45) is 0 Å². The van der Waals surface area contributed by atoms with E-state index in [1.165, 1.54) is 6.07 Å². The molecule has 0 bridgehead atoms. The molecule has 2 aromatic rings. The van der Waals surface area contributed by atoms with Crippen LogP contribution in [0.3, 0.4) is 0 Å². The van der Waals surface area contributed by atoms with Crippen LogP contribution in [0.1, 0.15) is 18.9 Å². The summed E-state index contributed by atoms with van der Waals surface area (Å²) in [5.74, 6) is 4.20. The number of carbonyl (C=O) groups excluding carboxylic acids is 1. The molecule has 1 heterocycles. The zero-order chi connectivity index (χ0) is 14.5. The molecule has 6 nitrogen and oxygen atoms in total. The van der Waals surface area contributed by atoms with Crippen molar-refractivity contribution in [3.8, 4) is 11.8 Å². The van der Waals surface area contributed by atoms with Crippen LogP contribution in [0.5, 0.6) is 0 Å². The van der Waals surface area contributed by atoms with E-state index in [1.54, 1.807) is 19.1 Å². The largest absolute Gasteiger partial charge is 0.465 e. The molecule has 0 unspecified atom stereocenters. The topological polar surface area (TPSA) is 89.4 Å². The number of nitrogens with one attached hydrogen (secondary N) is 1. The molecule has 0 saturated carbocycles. The Morgan fingerprint density at radius 1 is 1.40 bits per heavy atom. The molecule has 102 valence electrons. The molecule has 0 amide bonds. The SMILES string of the molecule is CCOC(=O)CC#Cc1ccc2[nH]c(=O)oc(=O)c2c1. The van der Waals surface area contributed by atoms with Crippen molar-refractivity contribution in [3.05, 3.63) is 44.7 Å². The van der Waals surface area contributed by atoms with E-state index >= 15 is 0 Å². The lowest BCUT2D eigenvalue weighted by Crippen LogP contribution is -2.14. The maximum atomic E-state index is 11.5. The maximum Gasteiger partial charge on any atom is 0.419 e. The second-order valence-electron chi connectivity index (χ2n) is 3.85. The maximum absolute atomic E-state index is 11.5. The van der Waals surface area contributed by atoms with E-state index in [9.17, 15) is 14.4 Å². The van der Waals surface area contributed by atoms with Crippen LogP contribution in [0.4, 0.5) is 0 Å². The van der Waals surface area contributed by atoms with Crippen LogP contribution in [-0.2, 0) is 9.53 Å². The number of rotatable bonds is 2. The average Bonchev–Trinajstić information content (AvgIpc) is 2.39. The van der Waals surface area contributed by atoms with Crippen LogP contribution >= 0.6 is 0 Å². The van der Waals surface area contributed by atoms with Crippen molar-refractivity contribution in [1.82, 2.24) is 4.98 Å². The van der Waals surface area contributed by atoms with Gasteiger partial charge in [0.2, 0.25) is 0 Å².